The lowest BCUT2D eigenvalue weighted by atomic mass is 10.1. The maximum absolute atomic E-state index is 11.6. The molecular weight excluding hydrogens is 228 g/mol. The molecule has 0 aliphatic carbocycles. The van der Waals surface area contributed by atoms with Crippen LogP contribution in [0, 0.1) is 0 Å². The highest BCUT2D eigenvalue weighted by molar-refractivity contribution is 5.97. The number of carbonyl (C=O) groups excluding carboxylic acids is 1. The minimum Gasteiger partial charge on any atom is -0.384 e. The van der Waals surface area contributed by atoms with Gasteiger partial charge in [0.1, 0.15) is 5.84 Å². The Kier molecular flexibility index (Phi) is 3.94. The molecule has 1 saturated heterocycles. The van der Waals surface area contributed by atoms with E-state index >= 15 is 0 Å². The standard InChI is InChI=1S/C13H18N4O/c1-15-12(14)10-4-2-9(3-5-10)8-17-13(18)11-6-7-16-11/h2-5,11,16H,6-8H2,1H3,(H2,14,15)(H,17,18)/t11-/m0/s1. The van der Waals surface area contributed by atoms with E-state index < -0.39 is 0 Å². The van der Waals surface area contributed by atoms with Crippen LogP contribution in [0.15, 0.2) is 29.3 Å². The molecule has 0 bridgehead atoms. The number of benzene rings is 1. The molecule has 1 heterocycles. The summed E-state index contributed by atoms with van der Waals surface area (Å²) in [4.78, 5) is 15.5. The molecule has 0 aromatic heterocycles. The first kappa shape index (κ1) is 12.6. The number of amides is 1. The number of nitrogens with zero attached hydrogens (tertiary/aromatic N) is 1. The molecule has 0 spiro atoms. The molecule has 1 atom stereocenters. The van der Waals surface area contributed by atoms with Crippen molar-refractivity contribution in [1.82, 2.24) is 10.6 Å². The Morgan fingerprint density at radius 2 is 2.17 bits per heavy atom. The van der Waals surface area contributed by atoms with Gasteiger partial charge in [-0.3, -0.25) is 9.79 Å². The fourth-order valence-corrected chi connectivity index (χ4v) is 1.75. The first-order valence-corrected chi connectivity index (χ1v) is 6.03. The second-order valence-electron chi connectivity index (χ2n) is 4.32. The predicted molar refractivity (Wildman–Crippen MR) is 71.3 cm³/mol. The van der Waals surface area contributed by atoms with E-state index in [1.165, 1.54) is 0 Å². The molecular formula is C13H18N4O. The van der Waals surface area contributed by atoms with E-state index in [9.17, 15) is 4.79 Å². The van der Waals surface area contributed by atoms with Crippen LogP contribution in [0.4, 0.5) is 0 Å². The van der Waals surface area contributed by atoms with Crippen LogP contribution in [0.3, 0.4) is 0 Å². The quantitative estimate of drug-likeness (QED) is 0.517. The van der Waals surface area contributed by atoms with Crippen molar-refractivity contribution in [1.29, 1.82) is 0 Å². The van der Waals surface area contributed by atoms with E-state index in [1.54, 1.807) is 7.05 Å². The van der Waals surface area contributed by atoms with Gasteiger partial charge >= 0.3 is 0 Å². The Morgan fingerprint density at radius 3 is 2.67 bits per heavy atom. The maximum atomic E-state index is 11.6. The van der Waals surface area contributed by atoms with Crippen molar-refractivity contribution in [3.8, 4) is 0 Å². The molecule has 96 valence electrons. The summed E-state index contributed by atoms with van der Waals surface area (Å²) in [5.41, 5.74) is 7.65. The van der Waals surface area contributed by atoms with E-state index in [2.05, 4.69) is 15.6 Å². The topological polar surface area (TPSA) is 79.5 Å². The summed E-state index contributed by atoms with van der Waals surface area (Å²) in [5, 5.41) is 5.97. The van der Waals surface area contributed by atoms with Crippen LogP contribution in [0.25, 0.3) is 0 Å². The lowest BCUT2D eigenvalue weighted by Crippen LogP contribution is -2.52. The molecule has 1 aliphatic rings. The van der Waals surface area contributed by atoms with E-state index in [1.807, 2.05) is 24.3 Å². The Morgan fingerprint density at radius 1 is 1.50 bits per heavy atom. The summed E-state index contributed by atoms with van der Waals surface area (Å²) < 4.78 is 0. The third kappa shape index (κ3) is 2.87. The van der Waals surface area contributed by atoms with E-state index in [0.29, 0.717) is 12.4 Å². The zero-order valence-corrected chi connectivity index (χ0v) is 10.4. The van der Waals surface area contributed by atoms with Crippen LogP contribution in [-0.2, 0) is 11.3 Å². The number of nitrogens with one attached hydrogen (secondary N) is 2. The molecule has 18 heavy (non-hydrogen) atoms. The zero-order chi connectivity index (χ0) is 13.0. The van der Waals surface area contributed by atoms with E-state index in [4.69, 9.17) is 5.73 Å². The molecule has 1 aromatic carbocycles. The second kappa shape index (κ2) is 5.64. The van der Waals surface area contributed by atoms with Crippen LogP contribution >= 0.6 is 0 Å². The average molecular weight is 246 g/mol. The summed E-state index contributed by atoms with van der Waals surface area (Å²) in [6, 6.07) is 7.70. The van der Waals surface area contributed by atoms with Gasteiger partial charge in [0.15, 0.2) is 0 Å². The van der Waals surface area contributed by atoms with Gasteiger partial charge in [0.25, 0.3) is 0 Å². The van der Waals surface area contributed by atoms with Crippen LogP contribution < -0.4 is 16.4 Å². The van der Waals surface area contributed by atoms with Gasteiger partial charge in [-0.25, -0.2) is 0 Å². The summed E-state index contributed by atoms with van der Waals surface area (Å²) in [6.07, 6.45) is 0.925. The lowest BCUT2D eigenvalue weighted by Gasteiger charge is -2.26. The molecule has 5 heteroatoms. The maximum Gasteiger partial charge on any atom is 0.237 e. The van der Waals surface area contributed by atoms with E-state index in [0.717, 1.165) is 24.1 Å². The van der Waals surface area contributed by atoms with Gasteiger partial charge in [0.05, 0.1) is 6.04 Å². The third-order valence-corrected chi connectivity index (χ3v) is 3.10. The van der Waals surface area contributed by atoms with Crippen molar-refractivity contribution in [3.05, 3.63) is 35.4 Å². The van der Waals surface area contributed by atoms with Gasteiger partial charge in [-0.1, -0.05) is 24.3 Å². The molecule has 1 aliphatic heterocycles. The number of nitrogens with two attached hydrogens (primary N) is 1. The SMILES string of the molecule is CN=C(N)c1ccc(CNC(=O)[C@@H]2CCN2)cc1. The minimum absolute atomic E-state index is 0.00728. The van der Waals surface area contributed by atoms with Gasteiger partial charge in [-0.05, 0) is 18.5 Å². The third-order valence-electron chi connectivity index (χ3n) is 3.10. The minimum atomic E-state index is -0.00728. The van der Waals surface area contributed by atoms with Crippen LogP contribution in [0.1, 0.15) is 17.5 Å². The van der Waals surface area contributed by atoms with Gasteiger partial charge in [0.2, 0.25) is 5.91 Å². The first-order valence-electron chi connectivity index (χ1n) is 6.03. The molecule has 5 nitrogen and oxygen atoms in total. The van der Waals surface area contributed by atoms with Crippen molar-refractivity contribution >= 4 is 11.7 Å². The largest absolute Gasteiger partial charge is 0.384 e. The summed E-state index contributed by atoms with van der Waals surface area (Å²) >= 11 is 0. The number of hydrogen-bond donors (Lipinski definition) is 3. The lowest BCUT2D eigenvalue weighted by molar-refractivity contribution is -0.124. The highest BCUT2D eigenvalue weighted by Gasteiger charge is 2.23. The van der Waals surface area contributed by atoms with E-state index in [-0.39, 0.29) is 11.9 Å². The molecule has 2 rings (SSSR count). The molecule has 0 unspecified atom stereocenters. The fourth-order valence-electron chi connectivity index (χ4n) is 1.75. The fraction of sp³-hybridized carbons (Fsp3) is 0.385. The number of amidine groups is 1. The molecule has 1 fully saturated rings. The normalized spacial score (nSPS) is 19.2. The van der Waals surface area contributed by atoms with Crippen LogP contribution in [-0.4, -0.2) is 31.4 Å². The Balaban J connectivity index is 1.88. The van der Waals surface area contributed by atoms with Crippen molar-refractivity contribution in [2.45, 2.75) is 19.0 Å². The van der Waals surface area contributed by atoms with Gasteiger partial charge in [-0.2, -0.15) is 0 Å². The number of carbonyl (C=O) groups is 1. The molecule has 1 aromatic rings. The number of rotatable bonds is 4. The highest BCUT2D eigenvalue weighted by Crippen LogP contribution is 2.05. The first-order chi connectivity index (χ1) is 8.70. The second-order valence-corrected chi connectivity index (χ2v) is 4.32. The van der Waals surface area contributed by atoms with Gasteiger partial charge in [0, 0.05) is 19.2 Å². The summed E-state index contributed by atoms with van der Waals surface area (Å²) in [6.45, 7) is 1.48. The smallest absolute Gasteiger partial charge is 0.237 e. The molecule has 4 N–H and O–H groups in total. The summed E-state index contributed by atoms with van der Waals surface area (Å²) in [7, 11) is 1.66. The monoisotopic (exact) mass is 246 g/mol. The zero-order valence-electron chi connectivity index (χ0n) is 10.4. The Labute approximate surface area is 106 Å². The Hall–Kier alpha value is -1.88. The number of aliphatic imine (C=N–C) groups is 1. The van der Waals surface area contributed by atoms with Crippen molar-refractivity contribution in [2.75, 3.05) is 13.6 Å². The van der Waals surface area contributed by atoms with Crippen LogP contribution in [0.2, 0.25) is 0 Å². The molecule has 1 amide bonds. The number of hydrogen-bond acceptors (Lipinski definition) is 3. The van der Waals surface area contributed by atoms with Crippen molar-refractivity contribution < 1.29 is 4.79 Å². The summed E-state index contributed by atoms with van der Waals surface area (Å²) in [5.74, 6) is 0.587. The van der Waals surface area contributed by atoms with Crippen LogP contribution in [0.5, 0.6) is 0 Å². The van der Waals surface area contributed by atoms with Gasteiger partial charge in [-0.15, -0.1) is 0 Å². The van der Waals surface area contributed by atoms with Crippen molar-refractivity contribution in [2.24, 2.45) is 10.7 Å². The Bertz CT molecular complexity index is 449. The van der Waals surface area contributed by atoms with Gasteiger partial charge < -0.3 is 16.4 Å². The molecule has 0 radical (unpaired) electrons. The molecule has 0 saturated carbocycles. The highest BCUT2D eigenvalue weighted by atomic mass is 16.2. The average Bonchev–Trinajstić information content (AvgIpc) is 2.34. The van der Waals surface area contributed by atoms with Crippen molar-refractivity contribution in [3.63, 3.8) is 0 Å². The predicted octanol–water partition coefficient (Wildman–Crippen LogP) is -0.000200.